The molecule has 1 amide bonds. The molecule has 0 spiro atoms. The van der Waals surface area contributed by atoms with Gasteiger partial charge >= 0.3 is 0 Å². The van der Waals surface area contributed by atoms with Gasteiger partial charge in [-0.2, -0.15) is 0 Å². The lowest BCUT2D eigenvalue weighted by atomic mass is 10.1. The smallest absolute Gasteiger partial charge is 0.254 e. The van der Waals surface area contributed by atoms with Crippen molar-refractivity contribution in [2.24, 2.45) is 5.92 Å². The van der Waals surface area contributed by atoms with Crippen molar-refractivity contribution in [1.29, 1.82) is 0 Å². The van der Waals surface area contributed by atoms with Crippen LogP contribution in [-0.4, -0.2) is 21.2 Å². The summed E-state index contributed by atoms with van der Waals surface area (Å²) in [6.07, 6.45) is 1.51. The Labute approximate surface area is 160 Å². The van der Waals surface area contributed by atoms with Gasteiger partial charge < -0.3 is 10.6 Å². The largest absolute Gasteiger partial charge is 0.356 e. The van der Waals surface area contributed by atoms with Crippen LogP contribution in [0.5, 0.6) is 0 Å². The summed E-state index contributed by atoms with van der Waals surface area (Å²) in [4.78, 5) is 28.7. The van der Waals surface area contributed by atoms with Crippen LogP contribution in [0, 0.1) is 5.92 Å². The molecule has 1 atom stereocenters. The maximum Gasteiger partial charge on any atom is 0.254 e. The molecule has 1 aliphatic heterocycles. The van der Waals surface area contributed by atoms with Crippen LogP contribution in [-0.2, 0) is 11.3 Å². The second kappa shape index (κ2) is 7.67. The normalized spacial score (nSPS) is 15.6. The Morgan fingerprint density at radius 1 is 1.00 bits per heavy atom. The fourth-order valence-corrected chi connectivity index (χ4v) is 3.94. The van der Waals surface area contributed by atoms with E-state index in [1.54, 1.807) is 4.57 Å². The molecule has 0 saturated carbocycles. The number of nitrogens with zero attached hydrogens (tertiary/aromatic N) is 2. The second-order valence-electron chi connectivity index (χ2n) is 6.24. The summed E-state index contributed by atoms with van der Waals surface area (Å²) in [6.45, 7) is 0.356. The van der Waals surface area contributed by atoms with Crippen LogP contribution >= 0.6 is 11.8 Å². The summed E-state index contributed by atoms with van der Waals surface area (Å²) in [5.41, 5.74) is 2.56. The first kappa shape index (κ1) is 17.4. The van der Waals surface area contributed by atoms with Crippen molar-refractivity contribution >= 4 is 34.7 Å². The number of hydrogen-bond donors (Lipinski definition) is 2. The number of nitrogens with one attached hydrogen (secondary N) is 2. The van der Waals surface area contributed by atoms with Crippen molar-refractivity contribution in [3.63, 3.8) is 0 Å². The summed E-state index contributed by atoms with van der Waals surface area (Å²) in [5, 5.41) is 6.91. The number of hydrogen-bond acceptors (Lipinski definition) is 5. The number of carbonyl (C=O) groups excluding carboxylic acids is 1. The Hall–Kier alpha value is -3.06. The molecule has 4 rings (SSSR count). The minimum absolute atomic E-state index is 0.0901. The molecule has 1 aliphatic rings. The molecule has 0 radical (unpaired) electrons. The molecule has 136 valence electrons. The molecule has 1 aromatic heterocycles. The topological polar surface area (TPSA) is 76.0 Å². The third-order valence-corrected chi connectivity index (χ3v) is 5.45. The van der Waals surface area contributed by atoms with Gasteiger partial charge in [0.15, 0.2) is 5.16 Å². The molecule has 6 nitrogen and oxygen atoms in total. The van der Waals surface area contributed by atoms with Crippen LogP contribution in [0.2, 0.25) is 0 Å². The van der Waals surface area contributed by atoms with Crippen molar-refractivity contribution in [2.75, 3.05) is 16.4 Å². The van der Waals surface area contributed by atoms with E-state index in [0.717, 1.165) is 17.1 Å². The van der Waals surface area contributed by atoms with Gasteiger partial charge in [0.25, 0.3) is 5.56 Å². The quantitative estimate of drug-likeness (QED) is 0.681. The molecule has 0 bridgehead atoms. The van der Waals surface area contributed by atoms with Gasteiger partial charge in [-0.05, 0) is 36.4 Å². The predicted molar refractivity (Wildman–Crippen MR) is 108 cm³/mol. The highest BCUT2D eigenvalue weighted by molar-refractivity contribution is 7.99. The van der Waals surface area contributed by atoms with Crippen molar-refractivity contribution in [3.8, 4) is 0 Å². The summed E-state index contributed by atoms with van der Waals surface area (Å²) < 4.78 is 1.56. The molecule has 7 heteroatoms. The van der Waals surface area contributed by atoms with Crippen molar-refractivity contribution in [3.05, 3.63) is 77.2 Å². The molecule has 3 aromatic rings. The number of aromatic nitrogens is 2. The van der Waals surface area contributed by atoms with Crippen molar-refractivity contribution < 1.29 is 4.79 Å². The lowest BCUT2D eigenvalue weighted by Gasteiger charge is -2.23. The Bertz CT molecular complexity index is 1000. The van der Waals surface area contributed by atoms with Crippen molar-refractivity contribution in [1.82, 2.24) is 9.55 Å². The highest BCUT2D eigenvalue weighted by Gasteiger charge is 2.26. The third-order valence-electron chi connectivity index (χ3n) is 4.30. The van der Waals surface area contributed by atoms with Gasteiger partial charge in [-0.25, -0.2) is 4.98 Å². The fraction of sp³-hybridized carbons (Fsp3) is 0.150. The Kier molecular flexibility index (Phi) is 4.93. The fourth-order valence-electron chi connectivity index (χ4n) is 2.88. The van der Waals surface area contributed by atoms with E-state index >= 15 is 0 Å². The lowest BCUT2D eigenvalue weighted by molar-refractivity contribution is -0.119. The Morgan fingerprint density at radius 2 is 1.70 bits per heavy atom. The Morgan fingerprint density at radius 3 is 2.48 bits per heavy atom. The number of carbonyl (C=O) groups is 1. The molecule has 2 heterocycles. The van der Waals surface area contributed by atoms with Crippen LogP contribution in [0.25, 0.3) is 0 Å². The highest BCUT2D eigenvalue weighted by atomic mass is 32.2. The van der Waals surface area contributed by atoms with Crippen LogP contribution in [0.3, 0.4) is 0 Å². The maximum absolute atomic E-state index is 12.6. The SMILES string of the molecule is O=C(Nc1ccc(Nc2ccccc2)cc1)C1CSc2nccc(=O)n2C1. The average Bonchev–Trinajstić information content (AvgIpc) is 2.70. The second-order valence-corrected chi connectivity index (χ2v) is 7.23. The number of amides is 1. The van der Waals surface area contributed by atoms with Crippen LogP contribution in [0.15, 0.2) is 76.8 Å². The maximum atomic E-state index is 12.6. The molecular formula is C20H18N4O2S. The molecule has 2 aromatic carbocycles. The van der Waals surface area contributed by atoms with E-state index in [1.807, 2.05) is 54.6 Å². The van der Waals surface area contributed by atoms with Gasteiger partial charge in [0.2, 0.25) is 5.91 Å². The zero-order chi connectivity index (χ0) is 18.6. The molecule has 27 heavy (non-hydrogen) atoms. The van der Waals surface area contributed by atoms with E-state index in [2.05, 4.69) is 15.6 Å². The third kappa shape index (κ3) is 4.03. The number of benzene rings is 2. The van der Waals surface area contributed by atoms with Gasteiger partial charge in [-0.15, -0.1) is 0 Å². The van der Waals surface area contributed by atoms with Gasteiger partial charge in [0.05, 0.1) is 5.92 Å². The zero-order valence-electron chi connectivity index (χ0n) is 14.5. The number of rotatable bonds is 4. The molecular weight excluding hydrogens is 360 g/mol. The summed E-state index contributed by atoms with van der Waals surface area (Å²) in [5.74, 6) is 0.245. The first-order valence-corrected chi connectivity index (χ1v) is 9.59. The number of fused-ring (bicyclic) bond motifs is 1. The number of para-hydroxylation sites is 1. The minimum atomic E-state index is -0.272. The lowest BCUT2D eigenvalue weighted by Crippen LogP contribution is -2.36. The summed E-state index contributed by atoms with van der Waals surface area (Å²) in [7, 11) is 0. The summed E-state index contributed by atoms with van der Waals surface area (Å²) in [6, 6.07) is 18.9. The first-order valence-electron chi connectivity index (χ1n) is 8.61. The van der Waals surface area contributed by atoms with Crippen LogP contribution in [0.1, 0.15) is 0 Å². The standard InChI is InChI=1S/C20H18N4O2S/c25-18-10-11-21-20-24(18)12-14(13-27-20)19(26)23-17-8-6-16(7-9-17)22-15-4-2-1-3-5-15/h1-11,14,22H,12-13H2,(H,23,26). The van der Waals surface area contributed by atoms with E-state index in [9.17, 15) is 9.59 Å². The molecule has 2 N–H and O–H groups in total. The minimum Gasteiger partial charge on any atom is -0.356 e. The van der Waals surface area contributed by atoms with Gasteiger partial charge in [-0.3, -0.25) is 14.2 Å². The monoisotopic (exact) mass is 378 g/mol. The van der Waals surface area contributed by atoms with E-state index in [0.29, 0.717) is 17.5 Å². The van der Waals surface area contributed by atoms with E-state index < -0.39 is 0 Å². The number of anilines is 3. The highest BCUT2D eigenvalue weighted by Crippen LogP contribution is 2.26. The van der Waals surface area contributed by atoms with Crippen LogP contribution < -0.4 is 16.2 Å². The predicted octanol–water partition coefficient (Wildman–Crippen LogP) is 3.35. The van der Waals surface area contributed by atoms with Gasteiger partial charge in [0, 0.05) is 41.6 Å². The molecule has 1 unspecified atom stereocenters. The van der Waals surface area contributed by atoms with Crippen molar-refractivity contribution in [2.45, 2.75) is 11.7 Å². The van der Waals surface area contributed by atoms with E-state index in [4.69, 9.17) is 0 Å². The zero-order valence-corrected chi connectivity index (χ0v) is 15.3. The van der Waals surface area contributed by atoms with E-state index in [1.165, 1.54) is 24.0 Å². The molecule has 0 saturated heterocycles. The first-order chi connectivity index (χ1) is 13.2. The summed E-state index contributed by atoms with van der Waals surface area (Å²) >= 11 is 1.43. The number of thioether (sulfide) groups is 1. The van der Waals surface area contributed by atoms with Crippen LogP contribution in [0.4, 0.5) is 17.1 Å². The Balaban J connectivity index is 1.40. The van der Waals surface area contributed by atoms with E-state index in [-0.39, 0.29) is 17.4 Å². The molecule has 0 fully saturated rings. The van der Waals surface area contributed by atoms with Gasteiger partial charge in [0.1, 0.15) is 0 Å². The molecule has 0 aliphatic carbocycles. The average molecular weight is 378 g/mol. The van der Waals surface area contributed by atoms with Gasteiger partial charge in [-0.1, -0.05) is 30.0 Å².